The summed E-state index contributed by atoms with van der Waals surface area (Å²) in [5.41, 5.74) is 0.689. The SMILES string of the molecule is CCNc1ccnc(N2CCN(Cc3ccccc3F)[C@@H](CCO)C2)n1. The van der Waals surface area contributed by atoms with Crippen molar-refractivity contribution in [3.63, 3.8) is 0 Å². The van der Waals surface area contributed by atoms with E-state index < -0.39 is 0 Å². The van der Waals surface area contributed by atoms with Crippen molar-refractivity contribution in [3.8, 4) is 0 Å². The molecule has 1 aliphatic heterocycles. The van der Waals surface area contributed by atoms with Crippen molar-refractivity contribution >= 4 is 11.8 Å². The van der Waals surface area contributed by atoms with E-state index in [0.29, 0.717) is 31.0 Å². The lowest BCUT2D eigenvalue weighted by molar-refractivity contribution is 0.133. The van der Waals surface area contributed by atoms with Gasteiger partial charge >= 0.3 is 0 Å². The number of rotatable bonds is 7. The van der Waals surface area contributed by atoms with E-state index in [4.69, 9.17) is 0 Å². The van der Waals surface area contributed by atoms with Gasteiger partial charge in [0.15, 0.2) is 0 Å². The standard InChI is InChI=1S/C19H26FN5O/c1-2-21-18-7-9-22-19(23-18)25-11-10-24(16(14-25)8-12-26)13-15-5-3-4-6-17(15)20/h3-7,9,16,26H,2,8,10-14H2,1H3,(H,21,22,23)/t16-/m0/s1. The summed E-state index contributed by atoms with van der Waals surface area (Å²) in [6.45, 7) is 5.74. The molecular weight excluding hydrogens is 333 g/mol. The molecule has 2 heterocycles. The molecule has 7 heteroatoms. The van der Waals surface area contributed by atoms with Crippen LogP contribution in [0.5, 0.6) is 0 Å². The van der Waals surface area contributed by atoms with Crippen molar-refractivity contribution in [1.82, 2.24) is 14.9 Å². The summed E-state index contributed by atoms with van der Waals surface area (Å²) in [4.78, 5) is 13.3. The molecular formula is C19H26FN5O. The largest absolute Gasteiger partial charge is 0.396 e. The van der Waals surface area contributed by atoms with Gasteiger partial charge in [-0.25, -0.2) is 9.37 Å². The summed E-state index contributed by atoms with van der Waals surface area (Å²) in [5, 5.41) is 12.7. The molecule has 0 radical (unpaired) electrons. The van der Waals surface area contributed by atoms with Crippen molar-refractivity contribution in [1.29, 1.82) is 0 Å². The fourth-order valence-electron chi connectivity index (χ4n) is 3.33. The van der Waals surface area contributed by atoms with Crippen LogP contribution in [0.4, 0.5) is 16.2 Å². The number of aliphatic hydroxyl groups excluding tert-OH is 1. The summed E-state index contributed by atoms with van der Waals surface area (Å²) < 4.78 is 14.0. The number of benzene rings is 1. The first-order valence-corrected chi connectivity index (χ1v) is 9.11. The fourth-order valence-corrected chi connectivity index (χ4v) is 3.33. The molecule has 1 saturated heterocycles. The van der Waals surface area contributed by atoms with Crippen molar-refractivity contribution in [3.05, 3.63) is 47.9 Å². The molecule has 0 bridgehead atoms. The van der Waals surface area contributed by atoms with Crippen LogP contribution in [0.2, 0.25) is 0 Å². The van der Waals surface area contributed by atoms with Gasteiger partial charge in [-0.2, -0.15) is 4.98 Å². The molecule has 2 aromatic rings. The number of aromatic nitrogens is 2. The van der Waals surface area contributed by atoms with E-state index in [-0.39, 0.29) is 18.5 Å². The smallest absolute Gasteiger partial charge is 0.227 e. The van der Waals surface area contributed by atoms with Gasteiger partial charge in [-0.1, -0.05) is 18.2 Å². The van der Waals surface area contributed by atoms with Gasteiger partial charge in [-0.15, -0.1) is 0 Å². The predicted molar refractivity (Wildman–Crippen MR) is 101 cm³/mol. The Hall–Kier alpha value is -2.25. The second kappa shape index (κ2) is 8.91. The molecule has 1 aliphatic rings. The van der Waals surface area contributed by atoms with E-state index in [1.54, 1.807) is 12.3 Å². The Morgan fingerprint density at radius 3 is 2.88 bits per heavy atom. The van der Waals surface area contributed by atoms with Gasteiger partial charge in [0.05, 0.1) is 0 Å². The highest BCUT2D eigenvalue weighted by atomic mass is 19.1. The Morgan fingerprint density at radius 1 is 1.27 bits per heavy atom. The Kier molecular flexibility index (Phi) is 6.35. The quantitative estimate of drug-likeness (QED) is 0.790. The minimum atomic E-state index is -0.181. The van der Waals surface area contributed by atoms with Gasteiger partial charge in [0, 0.05) is 57.1 Å². The average Bonchev–Trinajstić information content (AvgIpc) is 2.65. The number of hydrogen-bond acceptors (Lipinski definition) is 6. The molecule has 2 N–H and O–H groups in total. The molecule has 6 nitrogen and oxygen atoms in total. The normalized spacial score (nSPS) is 18.1. The lowest BCUT2D eigenvalue weighted by Crippen LogP contribution is -2.53. The van der Waals surface area contributed by atoms with Gasteiger partial charge < -0.3 is 15.3 Å². The Morgan fingerprint density at radius 2 is 2.12 bits per heavy atom. The van der Waals surface area contributed by atoms with E-state index in [9.17, 15) is 9.50 Å². The second-order valence-electron chi connectivity index (χ2n) is 6.45. The lowest BCUT2D eigenvalue weighted by atomic mass is 10.1. The number of nitrogens with zero attached hydrogens (tertiary/aromatic N) is 4. The number of hydrogen-bond donors (Lipinski definition) is 2. The van der Waals surface area contributed by atoms with Crippen LogP contribution in [-0.2, 0) is 6.54 Å². The van der Waals surface area contributed by atoms with Crippen LogP contribution in [0.3, 0.4) is 0 Å². The maximum absolute atomic E-state index is 14.0. The summed E-state index contributed by atoms with van der Waals surface area (Å²) in [6.07, 6.45) is 2.39. The van der Waals surface area contributed by atoms with E-state index in [1.165, 1.54) is 6.07 Å². The molecule has 1 atom stereocenters. The number of anilines is 2. The Bertz CT molecular complexity index is 714. The zero-order chi connectivity index (χ0) is 18.4. The van der Waals surface area contributed by atoms with Crippen LogP contribution in [-0.4, -0.2) is 58.8 Å². The third-order valence-corrected chi connectivity index (χ3v) is 4.68. The van der Waals surface area contributed by atoms with E-state index in [2.05, 4.69) is 25.1 Å². The predicted octanol–water partition coefficient (Wildman–Crippen LogP) is 2.12. The van der Waals surface area contributed by atoms with Gasteiger partial charge in [0.1, 0.15) is 11.6 Å². The maximum atomic E-state index is 14.0. The van der Waals surface area contributed by atoms with Gasteiger partial charge in [-0.05, 0) is 25.5 Å². The minimum absolute atomic E-state index is 0.102. The zero-order valence-electron chi connectivity index (χ0n) is 15.1. The molecule has 140 valence electrons. The summed E-state index contributed by atoms with van der Waals surface area (Å²) in [5.74, 6) is 1.32. The monoisotopic (exact) mass is 359 g/mol. The second-order valence-corrected chi connectivity index (χ2v) is 6.45. The highest BCUT2D eigenvalue weighted by molar-refractivity contribution is 5.41. The molecule has 1 aromatic carbocycles. The first-order chi connectivity index (χ1) is 12.7. The van der Waals surface area contributed by atoms with Crippen molar-refractivity contribution in [2.75, 3.05) is 43.0 Å². The summed E-state index contributed by atoms with van der Waals surface area (Å²) >= 11 is 0. The molecule has 1 aromatic heterocycles. The molecule has 0 unspecified atom stereocenters. The topological polar surface area (TPSA) is 64.5 Å². The fraction of sp³-hybridized carbons (Fsp3) is 0.474. The number of nitrogens with one attached hydrogen (secondary N) is 1. The lowest BCUT2D eigenvalue weighted by Gasteiger charge is -2.41. The number of halogens is 1. The minimum Gasteiger partial charge on any atom is -0.396 e. The van der Waals surface area contributed by atoms with E-state index in [1.807, 2.05) is 25.1 Å². The van der Waals surface area contributed by atoms with E-state index >= 15 is 0 Å². The van der Waals surface area contributed by atoms with E-state index in [0.717, 1.165) is 25.5 Å². The van der Waals surface area contributed by atoms with Crippen molar-refractivity contribution in [2.45, 2.75) is 25.9 Å². The van der Waals surface area contributed by atoms with Crippen LogP contribution < -0.4 is 10.2 Å². The molecule has 26 heavy (non-hydrogen) atoms. The Labute approximate surface area is 153 Å². The maximum Gasteiger partial charge on any atom is 0.227 e. The molecule has 0 amide bonds. The van der Waals surface area contributed by atoms with Crippen LogP contribution in [0.1, 0.15) is 18.9 Å². The average molecular weight is 359 g/mol. The first kappa shape index (κ1) is 18.5. The highest BCUT2D eigenvalue weighted by Gasteiger charge is 2.28. The summed E-state index contributed by atoms with van der Waals surface area (Å²) in [7, 11) is 0. The van der Waals surface area contributed by atoms with Crippen LogP contribution in [0, 0.1) is 5.82 Å². The highest BCUT2D eigenvalue weighted by Crippen LogP contribution is 2.21. The molecule has 3 rings (SSSR count). The first-order valence-electron chi connectivity index (χ1n) is 9.11. The van der Waals surface area contributed by atoms with Crippen LogP contribution in [0.15, 0.2) is 36.5 Å². The molecule has 0 aliphatic carbocycles. The molecule has 1 fully saturated rings. The summed E-state index contributed by atoms with van der Waals surface area (Å²) in [6, 6.07) is 8.85. The molecule has 0 spiro atoms. The van der Waals surface area contributed by atoms with Crippen molar-refractivity contribution in [2.24, 2.45) is 0 Å². The third kappa shape index (κ3) is 4.47. The zero-order valence-corrected chi connectivity index (χ0v) is 15.1. The third-order valence-electron chi connectivity index (χ3n) is 4.68. The van der Waals surface area contributed by atoms with Gasteiger partial charge in [0.2, 0.25) is 5.95 Å². The van der Waals surface area contributed by atoms with Crippen LogP contribution in [0.25, 0.3) is 0 Å². The van der Waals surface area contributed by atoms with Gasteiger partial charge in [0.25, 0.3) is 0 Å². The Balaban J connectivity index is 1.71. The number of piperazine rings is 1. The van der Waals surface area contributed by atoms with Crippen molar-refractivity contribution < 1.29 is 9.50 Å². The van der Waals surface area contributed by atoms with Crippen LogP contribution >= 0.6 is 0 Å². The molecule has 0 saturated carbocycles. The van der Waals surface area contributed by atoms with Gasteiger partial charge in [-0.3, -0.25) is 4.90 Å². The number of aliphatic hydroxyl groups is 1.